The van der Waals surface area contributed by atoms with E-state index in [1.54, 1.807) is 0 Å². The standard InChI is InChI=1S/C11H6BrFN2O3/c12-6-3-7(13)5-8(4-6)18-10-9(11(16)17)1-2-14-15-10/h1-5H,(H,16,17). The van der Waals surface area contributed by atoms with E-state index in [9.17, 15) is 9.18 Å². The Hall–Kier alpha value is -2.02. The van der Waals surface area contributed by atoms with Gasteiger partial charge in [0.25, 0.3) is 5.88 Å². The summed E-state index contributed by atoms with van der Waals surface area (Å²) in [4.78, 5) is 10.9. The molecule has 0 spiro atoms. The first-order chi connectivity index (χ1) is 8.56. The number of hydrogen-bond donors (Lipinski definition) is 1. The van der Waals surface area contributed by atoms with E-state index in [0.717, 1.165) is 6.07 Å². The highest BCUT2D eigenvalue weighted by Crippen LogP contribution is 2.26. The van der Waals surface area contributed by atoms with Crippen molar-refractivity contribution < 1.29 is 19.0 Å². The van der Waals surface area contributed by atoms with Gasteiger partial charge in [-0.15, -0.1) is 5.10 Å². The van der Waals surface area contributed by atoms with E-state index >= 15 is 0 Å². The van der Waals surface area contributed by atoms with E-state index < -0.39 is 11.8 Å². The summed E-state index contributed by atoms with van der Waals surface area (Å²) >= 11 is 3.10. The van der Waals surface area contributed by atoms with Crippen molar-refractivity contribution in [2.24, 2.45) is 0 Å². The number of aromatic carboxylic acids is 1. The normalized spacial score (nSPS) is 10.1. The van der Waals surface area contributed by atoms with Crippen LogP contribution in [-0.4, -0.2) is 21.3 Å². The number of benzene rings is 1. The molecule has 0 aliphatic carbocycles. The third-order valence-corrected chi connectivity index (χ3v) is 2.43. The summed E-state index contributed by atoms with van der Waals surface area (Å²) < 4.78 is 18.8. The third-order valence-electron chi connectivity index (χ3n) is 1.97. The molecule has 5 nitrogen and oxygen atoms in total. The minimum Gasteiger partial charge on any atom is -0.477 e. The Balaban J connectivity index is 2.37. The molecule has 0 saturated heterocycles. The average Bonchev–Trinajstić information content (AvgIpc) is 2.27. The summed E-state index contributed by atoms with van der Waals surface area (Å²) in [6.07, 6.45) is 1.23. The number of carboxylic acid groups (broad SMARTS) is 1. The number of hydrogen-bond acceptors (Lipinski definition) is 4. The molecule has 1 N–H and O–H groups in total. The van der Waals surface area contributed by atoms with Crippen LogP contribution in [0.3, 0.4) is 0 Å². The third kappa shape index (κ3) is 2.80. The lowest BCUT2D eigenvalue weighted by Gasteiger charge is -2.06. The van der Waals surface area contributed by atoms with Gasteiger partial charge in [-0.1, -0.05) is 15.9 Å². The van der Waals surface area contributed by atoms with Crippen LogP contribution < -0.4 is 4.74 Å². The Bertz CT molecular complexity index is 586. The summed E-state index contributed by atoms with van der Waals surface area (Å²) in [7, 11) is 0. The topological polar surface area (TPSA) is 72.3 Å². The van der Waals surface area contributed by atoms with Gasteiger partial charge in [0.05, 0.1) is 6.20 Å². The van der Waals surface area contributed by atoms with Crippen molar-refractivity contribution in [2.45, 2.75) is 0 Å². The van der Waals surface area contributed by atoms with E-state index in [1.807, 2.05) is 0 Å². The van der Waals surface area contributed by atoms with Crippen molar-refractivity contribution in [3.63, 3.8) is 0 Å². The maximum Gasteiger partial charge on any atom is 0.341 e. The Morgan fingerprint density at radius 1 is 1.39 bits per heavy atom. The highest BCUT2D eigenvalue weighted by Gasteiger charge is 2.14. The summed E-state index contributed by atoms with van der Waals surface area (Å²) in [6, 6.07) is 5.11. The Morgan fingerprint density at radius 2 is 2.17 bits per heavy atom. The average molecular weight is 313 g/mol. The summed E-state index contributed by atoms with van der Waals surface area (Å²) in [6.45, 7) is 0. The molecule has 1 aromatic carbocycles. The molecule has 7 heteroatoms. The molecule has 0 aliphatic heterocycles. The van der Waals surface area contributed by atoms with Crippen LogP contribution in [0.5, 0.6) is 11.6 Å². The first kappa shape index (κ1) is 12.4. The number of rotatable bonds is 3. The van der Waals surface area contributed by atoms with Crippen molar-refractivity contribution in [1.29, 1.82) is 0 Å². The van der Waals surface area contributed by atoms with Crippen LogP contribution >= 0.6 is 15.9 Å². The monoisotopic (exact) mass is 312 g/mol. The van der Waals surface area contributed by atoms with Crippen LogP contribution in [0.25, 0.3) is 0 Å². The van der Waals surface area contributed by atoms with Crippen molar-refractivity contribution >= 4 is 21.9 Å². The van der Waals surface area contributed by atoms with E-state index in [1.165, 1.54) is 24.4 Å². The molecule has 1 aromatic heterocycles. The second-order valence-corrected chi connectivity index (χ2v) is 4.18. The molecule has 0 unspecified atom stereocenters. The zero-order chi connectivity index (χ0) is 13.1. The van der Waals surface area contributed by atoms with Gasteiger partial charge in [0, 0.05) is 10.5 Å². The SMILES string of the molecule is O=C(O)c1ccnnc1Oc1cc(F)cc(Br)c1. The number of halogens is 2. The fraction of sp³-hybridized carbons (Fsp3) is 0. The Kier molecular flexibility index (Phi) is 3.52. The molecule has 0 fully saturated rings. The predicted octanol–water partition coefficient (Wildman–Crippen LogP) is 2.87. The summed E-state index contributed by atoms with van der Waals surface area (Å²) in [5.41, 5.74) is -0.148. The second-order valence-electron chi connectivity index (χ2n) is 3.26. The fourth-order valence-electron chi connectivity index (χ4n) is 1.26. The van der Waals surface area contributed by atoms with Gasteiger partial charge >= 0.3 is 5.97 Å². The molecule has 0 amide bonds. The molecule has 0 saturated carbocycles. The number of nitrogens with zero attached hydrogens (tertiary/aromatic N) is 2. The molecule has 18 heavy (non-hydrogen) atoms. The molecule has 0 aliphatic rings. The maximum absolute atomic E-state index is 13.1. The zero-order valence-electron chi connectivity index (χ0n) is 8.80. The zero-order valence-corrected chi connectivity index (χ0v) is 10.4. The van der Waals surface area contributed by atoms with Crippen molar-refractivity contribution in [3.8, 4) is 11.6 Å². The molecule has 0 atom stereocenters. The van der Waals surface area contributed by atoms with Crippen LogP contribution in [0.15, 0.2) is 34.9 Å². The quantitative estimate of drug-likeness (QED) is 0.943. The van der Waals surface area contributed by atoms with Gasteiger partial charge in [-0.2, -0.15) is 5.10 Å². The van der Waals surface area contributed by atoms with E-state index in [0.29, 0.717) is 4.47 Å². The van der Waals surface area contributed by atoms with Gasteiger partial charge in [0.2, 0.25) is 0 Å². The van der Waals surface area contributed by atoms with E-state index in [-0.39, 0.29) is 17.2 Å². The highest BCUT2D eigenvalue weighted by molar-refractivity contribution is 9.10. The van der Waals surface area contributed by atoms with Crippen molar-refractivity contribution in [3.05, 3.63) is 46.3 Å². The summed E-state index contributed by atoms with van der Waals surface area (Å²) in [5.74, 6) is -1.78. The lowest BCUT2D eigenvalue weighted by atomic mass is 10.3. The van der Waals surface area contributed by atoms with Gasteiger partial charge in [-0.05, 0) is 18.2 Å². The molecule has 2 aromatic rings. The number of carbonyl (C=O) groups is 1. The highest BCUT2D eigenvalue weighted by atomic mass is 79.9. The minimum absolute atomic E-state index is 0.130. The first-order valence-electron chi connectivity index (χ1n) is 4.75. The number of carboxylic acids is 1. The van der Waals surface area contributed by atoms with Crippen LogP contribution in [0.1, 0.15) is 10.4 Å². The van der Waals surface area contributed by atoms with Crippen LogP contribution in [0, 0.1) is 5.82 Å². The Morgan fingerprint density at radius 3 is 2.83 bits per heavy atom. The van der Waals surface area contributed by atoms with Gasteiger partial charge < -0.3 is 9.84 Å². The van der Waals surface area contributed by atoms with Crippen molar-refractivity contribution in [1.82, 2.24) is 10.2 Å². The first-order valence-corrected chi connectivity index (χ1v) is 5.54. The van der Waals surface area contributed by atoms with Crippen LogP contribution in [-0.2, 0) is 0 Å². The molecule has 0 radical (unpaired) electrons. The molecule has 2 rings (SSSR count). The predicted molar refractivity (Wildman–Crippen MR) is 63.2 cm³/mol. The maximum atomic E-state index is 13.1. The lowest BCUT2D eigenvalue weighted by Crippen LogP contribution is -2.03. The van der Waals surface area contributed by atoms with Gasteiger partial charge in [-0.25, -0.2) is 9.18 Å². The fourth-order valence-corrected chi connectivity index (χ4v) is 1.70. The second kappa shape index (κ2) is 5.09. The van der Waals surface area contributed by atoms with E-state index in [2.05, 4.69) is 26.1 Å². The van der Waals surface area contributed by atoms with Crippen LogP contribution in [0.2, 0.25) is 0 Å². The number of aromatic nitrogens is 2. The van der Waals surface area contributed by atoms with Crippen molar-refractivity contribution in [2.75, 3.05) is 0 Å². The number of ether oxygens (including phenoxy) is 1. The van der Waals surface area contributed by atoms with Gasteiger partial charge in [0.15, 0.2) is 0 Å². The summed E-state index contributed by atoms with van der Waals surface area (Å²) in [5, 5.41) is 16.0. The molecule has 0 bridgehead atoms. The van der Waals surface area contributed by atoms with Gasteiger partial charge in [-0.3, -0.25) is 0 Å². The van der Waals surface area contributed by atoms with Crippen LogP contribution in [0.4, 0.5) is 4.39 Å². The minimum atomic E-state index is -1.20. The lowest BCUT2D eigenvalue weighted by molar-refractivity contribution is 0.0693. The molecule has 92 valence electrons. The Labute approximate surface area is 109 Å². The van der Waals surface area contributed by atoms with E-state index in [4.69, 9.17) is 9.84 Å². The van der Waals surface area contributed by atoms with Gasteiger partial charge in [0.1, 0.15) is 17.1 Å². The smallest absolute Gasteiger partial charge is 0.341 e. The molecular weight excluding hydrogens is 307 g/mol. The molecular formula is C11H6BrFN2O3. The largest absolute Gasteiger partial charge is 0.477 e. The molecule has 1 heterocycles.